The molecular weight excluding hydrogens is 526 g/mol. The minimum atomic E-state index is -3.92. The normalized spacial score (nSPS) is 14.8. The Hall–Kier alpha value is -3.11. The lowest BCUT2D eigenvalue weighted by Crippen LogP contribution is -2.47. The van der Waals surface area contributed by atoms with E-state index >= 15 is 0 Å². The summed E-state index contributed by atoms with van der Waals surface area (Å²) < 4.78 is 27.9. The highest BCUT2D eigenvalue weighted by Gasteiger charge is 2.29. The third-order valence-electron chi connectivity index (χ3n) is 7.58. The number of aryl methyl sites for hydroxylation is 1. The molecule has 0 fully saturated rings. The predicted octanol–water partition coefficient (Wildman–Crippen LogP) is 3.92. The van der Waals surface area contributed by atoms with Gasteiger partial charge in [-0.25, -0.2) is 8.42 Å². The molecule has 1 heterocycles. The van der Waals surface area contributed by atoms with Crippen LogP contribution in [0.15, 0.2) is 71.9 Å². The molecule has 8 nitrogen and oxygen atoms in total. The summed E-state index contributed by atoms with van der Waals surface area (Å²) in [6.45, 7) is 4.44. The first-order valence-corrected chi connectivity index (χ1v) is 15.1. The van der Waals surface area contributed by atoms with Crippen molar-refractivity contribution < 1.29 is 23.4 Å². The van der Waals surface area contributed by atoms with Gasteiger partial charge in [-0.05, 0) is 73.8 Å². The number of aliphatic carboxylic acids is 1. The van der Waals surface area contributed by atoms with E-state index in [-0.39, 0.29) is 29.9 Å². The van der Waals surface area contributed by atoms with Crippen molar-refractivity contribution in [3.05, 3.63) is 83.7 Å². The molecule has 4 rings (SSSR count). The molecule has 0 spiro atoms. The van der Waals surface area contributed by atoms with Crippen molar-refractivity contribution >= 4 is 16.0 Å². The second-order valence-electron chi connectivity index (χ2n) is 11.4. The van der Waals surface area contributed by atoms with E-state index in [4.69, 9.17) is 5.11 Å². The topological polar surface area (TPSA) is 120 Å². The maximum absolute atomic E-state index is 13.4. The first kappa shape index (κ1) is 29.9. The predicted molar refractivity (Wildman–Crippen MR) is 155 cm³/mol. The molecular formula is C31H39N3O5S. The van der Waals surface area contributed by atoms with Crippen molar-refractivity contribution in [3.8, 4) is 11.1 Å². The van der Waals surface area contributed by atoms with Crippen LogP contribution < -0.4 is 5.32 Å². The molecule has 1 aliphatic rings. The number of aliphatic hydroxyl groups is 1. The molecule has 9 heteroatoms. The van der Waals surface area contributed by atoms with Crippen LogP contribution in [0.3, 0.4) is 0 Å². The van der Waals surface area contributed by atoms with Crippen LogP contribution in [-0.4, -0.2) is 65.7 Å². The molecule has 3 aromatic rings. The minimum Gasteiger partial charge on any atom is -0.481 e. The van der Waals surface area contributed by atoms with E-state index in [0.29, 0.717) is 17.9 Å². The van der Waals surface area contributed by atoms with Crippen molar-refractivity contribution in [2.75, 3.05) is 20.1 Å². The standard InChI is InChI=1S/C31H39N3O5S/c1-31(2,17-22-14-24-9-4-5-10-25(24)15-22)33-19-27(35)21-34(3)40(38,39)28-16-26(18-32-20-28)29-11-7-6-8-23(29)12-13-30(36)37/h4-11,16,18,20,22,27,33,35H,12-15,17,19,21H2,1-3H3,(H,36,37). The molecule has 1 unspecified atom stereocenters. The Balaban J connectivity index is 1.36. The van der Waals surface area contributed by atoms with E-state index in [9.17, 15) is 18.3 Å². The molecule has 3 N–H and O–H groups in total. The molecule has 0 saturated heterocycles. The number of sulfonamides is 1. The number of rotatable bonds is 13. The first-order chi connectivity index (χ1) is 18.9. The summed E-state index contributed by atoms with van der Waals surface area (Å²) in [4.78, 5) is 15.2. The highest BCUT2D eigenvalue weighted by molar-refractivity contribution is 7.89. The van der Waals surface area contributed by atoms with Crippen LogP contribution in [0.4, 0.5) is 0 Å². The van der Waals surface area contributed by atoms with Gasteiger partial charge in [-0.1, -0.05) is 48.5 Å². The zero-order valence-corrected chi connectivity index (χ0v) is 24.2. The van der Waals surface area contributed by atoms with Gasteiger partial charge in [0.25, 0.3) is 0 Å². The van der Waals surface area contributed by atoms with Crippen LogP contribution in [0.5, 0.6) is 0 Å². The number of carboxylic acids is 1. The van der Waals surface area contributed by atoms with Gasteiger partial charge < -0.3 is 15.5 Å². The molecule has 0 saturated carbocycles. The van der Waals surface area contributed by atoms with E-state index in [2.05, 4.69) is 48.4 Å². The fourth-order valence-electron chi connectivity index (χ4n) is 5.59. The number of hydrogen-bond acceptors (Lipinski definition) is 6. The maximum Gasteiger partial charge on any atom is 0.303 e. The number of β-amino-alcohol motifs (C(OH)–C–C–N with tert-alkyl or cyclic N) is 1. The van der Waals surface area contributed by atoms with Gasteiger partial charge >= 0.3 is 5.97 Å². The maximum atomic E-state index is 13.4. The Kier molecular flexibility index (Phi) is 9.41. The van der Waals surface area contributed by atoms with Gasteiger partial charge in [0, 0.05) is 50.1 Å². The van der Waals surface area contributed by atoms with Gasteiger partial charge in [-0.3, -0.25) is 9.78 Å². The monoisotopic (exact) mass is 565 g/mol. The lowest BCUT2D eigenvalue weighted by Gasteiger charge is -2.31. The van der Waals surface area contributed by atoms with Crippen LogP contribution in [0.25, 0.3) is 11.1 Å². The fraction of sp³-hybridized carbons (Fsp3) is 0.419. The van der Waals surface area contributed by atoms with Gasteiger partial charge in [0.05, 0.1) is 6.10 Å². The van der Waals surface area contributed by atoms with Crippen LogP contribution in [0.1, 0.15) is 43.4 Å². The Morgan fingerprint density at radius 3 is 2.42 bits per heavy atom. The molecule has 0 radical (unpaired) electrons. The van der Waals surface area contributed by atoms with Gasteiger partial charge in [0.1, 0.15) is 4.90 Å². The smallest absolute Gasteiger partial charge is 0.303 e. The van der Waals surface area contributed by atoms with Gasteiger partial charge in [0.2, 0.25) is 10.0 Å². The molecule has 1 atom stereocenters. The van der Waals surface area contributed by atoms with Crippen molar-refractivity contribution in [2.45, 2.75) is 62.5 Å². The minimum absolute atomic E-state index is 0.0156. The Morgan fingerprint density at radius 1 is 1.10 bits per heavy atom. The number of pyridine rings is 1. The summed E-state index contributed by atoms with van der Waals surface area (Å²) in [5, 5.41) is 23.3. The summed E-state index contributed by atoms with van der Waals surface area (Å²) in [5.41, 5.74) is 4.76. The van der Waals surface area contributed by atoms with E-state index in [1.807, 2.05) is 24.3 Å². The average Bonchev–Trinajstić information content (AvgIpc) is 3.32. The lowest BCUT2D eigenvalue weighted by molar-refractivity contribution is -0.136. The summed E-state index contributed by atoms with van der Waals surface area (Å²) in [7, 11) is -2.47. The quantitative estimate of drug-likeness (QED) is 0.287. The SMILES string of the molecule is CN(CC(O)CNC(C)(C)CC1Cc2ccccc2C1)S(=O)(=O)c1cncc(-c2ccccc2CCC(=O)O)c1. The van der Waals surface area contributed by atoms with Crippen molar-refractivity contribution in [1.29, 1.82) is 0 Å². The Morgan fingerprint density at radius 2 is 1.75 bits per heavy atom. The summed E-state index contributed by atoms with van der Waals surface area (Å²) in [6, 6.07) is 17.4. The Bertz CT molecular complexity index is 1420. The van der Waals surface area contributed by atoms with Crippen molar-refractivity contribution in [1.82, 2.24) is 14.6 Å². The number of benzene rings is 2. The summed E-state index contributed by atoms with van der Waals surface area (Å²) in [6.07, 6.45) is 5.34. The van der Waals surface area contributed by atoms with Crippen LogP contribution >= 0.6 is 0 Å². The number of nitrogens with one attached hydrogen (secondary N) is 1. The first-order valence-electron chi connectivity index (χ1n) is 13.7. The largest absolute Gasteiger partial charge is 0.481 e. The fourth-order valence-corrected chi connectivity index (χ4v) is 6.79. The highest BCUT2D eigenvalue weighted by atomic mass is 32.2. The van der Waals surface area contributed by atoms with E-state index in [1.165, 1.54) is 24.4 Å². The second kappa shape index (κ2) is 12.6. The molecule has 1 aliphatic carbocycles. The third-order valence-corrected chi connectivity index (χ3v) is 9.37. The molecule has 40 heavy (non-hydrogen) atoms. The number of aliphatic hydroxyl groups excluding tert-OH is 1. The number of carboxylic acid groups (broad SMARTS) is 1. The van der Waals surface area contributed by atoms with E-state index < -0.39 is 22.1 Å². The molecule has 0 amide bonds. The summed E-state index contributed by atoms with van der Waals surface area (Å²) >= 11 is 0. The number of likely N-dealkylation sites (N-methyl/N-ethyl adjacent to an activating group) is 1. The van der Waals surface area contributed by atoms with E-state index in [0.717, 1.165) is 34.7 Å². The molecule has 1 aromatic heterocycles. The number of hydrogen-bond donors (Lipinski definition) is 3. The number of aromatic nitrogens is 1. The second-order valence-corrected chi connectivity index (χ2v) is 13.5. The van der Waals surface area contributed by atoms with E-state index in [1.54, 1.807) is 12.3 Å². The van der Waals surface area contributed by atoms with Gasteiger partial charge in [-0.15, -0.1) is 0 Å². The molecule has 2 aromatic carbocycles. The highest BCUT2D eigenvalue weighted by Crippen LogP contribution is 2.32. The van der Waals surface area contributed by atoms with Gasteiger partial charge in [0.15, 0.2) is 0 Å². The van der Waals surface area contributed by atoms with Crippen molar-refractivity contribution in [3.63, 3.8) is 0 Å². The zero-order chi connectivity index (χ0) is 28.9. The average molecular weight is 566 g/mol. The number of carbonyl (C=O) groups is 1. The third kappa shape index (κ3) is 7.54. The number of nitrogens with zero attached hydrogens (tertiary/aromatic N) is 2. The Labute approximate surface area is 237 Å². The molecule has 0 aliphatic heterocycles. The van der Waals surface area contributed by atoms with Crippen LogP contribution in [-0.2, 0) is 34.1 Å². The summed E-state index contributed by atoms with van der Waals surface area (Å²) in [5.74, 6) is -0.361. The van der Waals surface area contributed by atoms with Crippen molar-refractivity contribution in [2.24, 2.45) is 5.92 Å². The molecule has 214 valence electrons. The van der Waals surface area contributed by atoms with Gasteiger partial charge in [-0.2, -0.15) is 4.31 Å². The van der Waals surface area contributed by atoms with Crippen LogP contribution in [0, 0.1) is 5.92 Å². The van der Waals surface area contributed by atoms with Crippen LogP contribution in [0.2, 0.25) is 0 Å². The lowest BCUT2D eigenvalue weighted by atomic mass is 9.88. The zero-order valence-electron chi connectivity index (χ0n) is 23.4. The molecule has 0 bridgehead atoms. The number of fused-ring (bicyclic) bond motifs is 1.